The van der Waals surface area contributed by atoms with Crippen molar-refractivity contribution in [2.24, 2.45) is 0 Å². The summed E-state index contributed by atoms with van der Waals surface area (Å²) in [5.74, 6) is -0.291. The number of aromatic nitrogens is 3. The molecule has 0 unspecified atom stereocenters. The SMILES string of the molecule is CCN1Cc2c(ccc(F)c2C#N)O[C@@H](C)CCOC(=O)c2c(N)nn3ccc1nc23. The molecule has 4 rings (SSSR count). The summed E-state index contributed by atoms with van der Waals surface area (Å²) in [4.78, 5) is 19.0. The number of carbonyl (C=O) groups is 1. The van der Waals surface area contributed by atoms with E-state index >= 15 is 0 Å². The van der Waals surface area contributed by atoms with Crippen molar-refractivity contribution in [2.75, 3.05) is 23.8 Å². The number of nitrogens with two attached hydrogens (primary N) is 1. The zero-order valence-corrected chi connectivity index (χ0v) is 17.1. The molecule has 2 bridgehead atoms. The Balaban J connectivity index is 1.89. The van der Waals surface area contributed by atoms with E-state index in [1.165, 1.54) is 16.6 Å². The highest BCUT2D eigenvalue weighted by Crippen LogP contribution is 2.30. The van der Waals surface area contributed by atoms with Crippen molar-refractivity contribution in [3.05, 3.63) is 46.9 Å². The summed E-state index contributed by atoms with van der Waals surface area (Å²) in [5, 5.41) is 13.7. The number of benzene rings is 1. The van der Waals surface area contributed by atoms with Crippen LogP contribution in [0.3, 0.4) is 0 Å². The highest BCUT2D eigenvalue weighted by atomic mass is 19.1. The number of nitrogen functional groups attached to an aromatic ring is 1. The standard InChI is InChI=1S/C21H21FN6O3/c1-3-27-11-14-13(10-23)15(22)4-5-16(14)31-12(2)7-9-30-21(29)18-19(24)26-28-8-6-17(27)25-20(18)28/h4-6,8,12H,3,7,9,11H2,1-2H3,(H2,24,26)/t12-/m0/s1. The van der Waals surface area contributed by atoms with Gasteiger partial charge in [-0.2, -0.15) is 5.26 Å². The van der Waals surface area contributed by atoms with Crippen LogP contribution in [0.25, 0.3) is 5.65 Å². The Labute approximate surface area is 177 Å². The van der Waals surface area contributed by atoms with Gasteiger partial charge in [0.2, 0.25) is 0 Å². The van der Waals surface area contributed by atoms with E-state index in [2.05, 4.69) is 10.1 Å². The van der Waals surface area contributed by atoms with E-state index in [9.17, 15) is 14.4 Å². The smallest absolute Gasteiger partial charge is 0.345 e. The van der Waals surface area contributed by atoms with Gasteiger partial charge in [-0.25, -0.2) is 18.7 Å². The van der Waals surface area contributed by atoms with Gasteiger partial charge in [0.15, 0.2) is 11.5 Å². The second-order valence-electron chi connectivity index (χ2n) is 7.19. The fraction of sp³-hybridized carbons (Fsp3) is 0.333. The molecular weight excluding hydrogens is 403 g/mol. The van der Waals surface area contributed by atoms with E-state index in [1.54, 1.807) is 12.3 Å². The largest absolute Gasteiger partial charge is 0.490 e. The lowest BCUT2D eigenvalue weighted by molar-refractivity contribution is 0.0459. The van der Waals surface area contributed by atoms with Crippen LogP contribution in [0.15, 0.2) is 24.4 Å². The molecule has 3 aromatic rings. The molecule has 0 fully saturated rings. The molecular formula is C21H21FN6O3. The first kappa shape index (κ1) is 20.4. The maximum absolute atomic E-state index is 14.4. The first-order chi connectivity index (χ1) is 14.9. The number of esters is 1. The van der Waals surface area contributed by atoms with Crippen LogP contribution in [0.4, 0.5) is 16.0 Å². The zero-order chi connectivity index (χ0) is 22.1. The van der Waals surface area contributed by atoms with Crippen molar-refractivity contribution in [3.8, 4) is 11.8 Å². The predicted octanol–water partition coefficient (Wildman–Crippen LogP) is 2.68. The van der Waals surface area contributed by atoms with Crippen molar-refractivity contribution >= 4 is 23.3 Å². The van der Waals surface area contributed by atoms with Gasteiger partial charge in [0.1, 0.15) is 29.0 Å². The van der Waals surface area contributed by atoms with E-state index in [-0.39, 0.29) is 41.8 Å². The number of carbonyl (C=O) groups excluding carboxylic acids is 1. The molecule has 2 N–H and O–H groups in total. The van der Waals surface area contributed by atoms with Gasteiger partial charge in [-0.05, 0) is 32.0 Å². The van der Waals surface area contributed by atoms with E-state index in [0.717, 1.165) is 0 Å². The fourth-order valence-electron chi connectivity index (χ4n) is 3.51. The lowest BCUT2D eigenvalue weighted by Crippen LogP contribution is -2.26. The molecule has 1 atom stereocenters. The molecule has 0 aliphatic carbocycles. The minimum Gasteiger partial charge on any atom is -0.490 e. The number of anilines is 2. The number of nitriles is 1. The fourth-order valence-corrected chi connectivity index (χ4v) is 3.51. The third-order valence-electron chi connectivity index (χ3n) is 5.17. The first-order valence-electron chi connectivity index (χ1n) is 9.88. The number of halogens is 1. The topological polar surface area (TPSA) is 119 Å². The van der Waals surface area contributed by atoms with E-state index < -0.39 is 11.8 Å². The number of rotatable bonds is 1. The summed E-state index contributed by atoms with van der Waals surface area (Å²) in [7, 11) is 0. The van der Waals surface area contributed by atoms with Crippen molar-refractivity contribution in [1.29, 1.82) is 5.26 Å². The minimum atomic E-state index is -0.613. The second-order valence-corrected chi connectivity index (χ2v) is 7.19. The molecule has 9 nitrogen and oxygen atoms in total. The minimum absolute atomic E-state index is 0.0216. The predicted molar refractivity (Wildman–Crippen MR) is 110 cm³/mol. The summed E-state index contributed by atoms with van der Waals surface area (Å²) < 4.78 is 27.2. The molecule has 0 amide bonds. The normalized spacial score (nSPS) is 16.9. The molecule has 3 heterocycles. The highest BCUT2D eigenvalue weighted by molar-refractivity contribution is 6.00. The molecule has 0 saturated carbocycles. The third-order valence-corrected chi connectivity index (χ3v) is 5.17. The molecule has 2 aromatic heterocycles. The Hall–Kier alpha value is -3.87. The van der Waals surface area contributed by atoms with Crippen LogP contribution >= 0.6 is 0 Å². The Morgan fingerprint density at radius 1 is 1.39 bits per heavy atom. The maximum Gasteiger partial charge on any atom is 0.345 e. The average molecular weight is 424 g/mol. The zero-order valence-electron chi connectivity index (χ0n) is 17.1. The van der Waals surface area contributed by atoms with Crippen LogP contribution in [0.2, 0.25) is 0 Å². The lowest BCUT2D eigenvalue weighted by atomic mass is 10.1. The lowest BCUT2D eigenvalue weighted by Gasteiger charge is -2.25. The summed E-state index contributed by atoms with van der Waals surface area (Å²) in [6, 6.07) is 6.39. The second kappa shape index (κ2) is 8.10. The summed E-state index contributed by atoms with van der Waals surface area (Å²) in [6.07, 6.45) is 1.68. The van der Waals surface area contributed by atoms with Gasteiger partial charge < -0.3 is 20.1 Å². The number of hydrogen-bond donors (Lipinski definition) is 1. The van der Waals surface area contributed by atoms with Crippen LogP contribution in [0.1, 0.15) is 41.8 Å². The molecule has 0 saturated heterocycles. The van der Waals surface area contributed by atoms with Crippen LogP contribution < -0.4 is 15.4 Å². The number of hydrogen-bond acceptors (Lipinski definition) is 8. The maximum atomic E-state index is 14.4. The Morgan fingerprint density at radius 3 is 2.94 bits per heavy atom. The van der Waals surface area contributed by atoms with E-state index in [4.69, 9.17) is 15.2 Å². The molecule has 0 spiro atoms. The molecule has 10 heteroatoms. The summed E-state index contributed by atoms with van der Waals surface area (Å²) in [6.45, 7) is 4.49. The van der Waals surface area contributed by atoms with Gasteiger partial charge in [-0.1, -0.05) is 0 Å². The first-order valence-corrected chi connectivity index (χ1v) is 9.88. The summed E-state index contributed by atoms with van der Waals surface area (Å²) in [5.41, 5.74) is 6.66. The molecule has 0 radical (unpaired) electrons. The molecule has 1 aliphatic heterocycles. The van der Waals surface area contributed by atoms with Crippen LogP contribution in [0, 0.1) is 17.1 Å². The van der Waals surface area contributed by atoms with Gasteiger partial charge >= 0.3 is 5.97 Å². The Kier molecular flexibility index (Phi) is 5.33. The molecule has 160 valence electrons. The van der Waals surface area contributed by atoms with Crippen molar-refractivity contribution < 1.29 is 18.7 Å². The van der Waals surface area contributed by atoms with Crippen molar-refractivity contribution in [3.63, 3.8) is 0 Å². The monoisotopic (exact) mass is 424 g/mol. The van der Waals surface area contributed by atoms with Gasteiger partial charge in [0, 0.05) is 31.3 Å². The molecule has 1 aliphatic rings. The quantitative estimate of drug-likeness (QED) is 0.592. The number of ether oxygens (including phenoxy) is 2. The Morgan fingerprint density at radius 2 is 2.19 bits per heavy atom. The molecule has 31 heavy (non-hydrogen) atoms. The average Bonchev–Trinajstić information content (AvgIpc) is 3.08. The van der Waals surface area contributed by atoms with Gasteiger partial charge in [0.05, 0.1) is 18.3 Å². The van der Waals surface area contributed by atoms with Crippen LogP contribution in [-0.2, 0) is 11.3 Å². The van der Waals surface area contributed by atoms with Crippen LogP contribution in [0.5, 0.6) is 5.75 Å². The number of cyclic esters (lactones) is 1. The number of fused-ring (bicyclic) bond motifs is 2. The molecule has 1 aromatic carbocycles. The van der Waals surface area contributed by atoms with Crippen LogP contribution in [-0.4, -0.2) is 39.8 Å². The van der Waals surface area contributed by atoms with E-state index in [1.807, 2.05) is 24.8 Å². The highest BCUT2D eigenvalue weighted by Gasteiger charge is 2.24. The summed E-state index contributed by atoms with van der Waals surface area (Å²) >= 11 is 0. The number of nitrogens with zero attached hydrogens (tertiary/aromatic N) is 5. The van der Waals surface area contributed by atoms with Crippen molar-refractivity contribution in [1.82, 2.24) is 14.6 Å². The van der Waals surface area contributed by atoms with Gasteiger partial charge in [-0.3, -0.25) is 0 Å². The Bertz CT molecular complexity index is 1200. The third kappa shape index (κ3) is 3.70. The van der Waals surface area contributed by atoms with E-state index in [0.29, 0.717) is 30.1 Å². The van der Waals surface area contributed by atoms with Gasteiger partial charge in [-0.15, -0.1) is 5.10 Å². The van der Waals surface area contributed by atoms with Gasteiger partial charge in [0.25, 0.3) is 0 Å². The van der Waals surface area contributed by atoms with Crippen molar-refractivity contribution in [2.45, 2.75) is 32.9 Å².